The third-order valence-corrected chi connectivity index (χ3v) is 5.05. The molecule has 2 atom stereocenters. The fourth-order valence-electron chi connectivity index (χ4n) is 3.40. The smallest absolute Gasteiger partial charge is 0.328 e. The maximum atomic E-state index is 12.8. The van der Waals surface area contributed by atoms with Crippen LogP contribution in [0.4, 0.5) is 10.6 Å². The minimum absolute atomic E-state index is 0.298. The number of anilines is 1. The maximum Gasteiger partial charge on any atom is 0.328 e. The van der Waals surface area contributed by atoms with Gasteiger partial charge in [-0.1, -0.05) is 47.6 Å². The molecule has 1 saturated heterocycles. The monoisotopic (exact) mass is 367 g/mol. The quantitative estimate of drug-likeness (QED) is 0.758. The number of aliphatic hydroxyl groups excluding tert-OH is 1. The molecule has 1 N–H and O–H groups in total. The second-order valence-electron chi connectivity index (χ2n) is 7.14. The van der Waals surface area contributed by atoms with E-state index in [0.29, 0.717) is 24.5 Å². The highest BCUT2D eigenvalue weighted by atomic mass is 16.5. The van der Waals surface area contributed by atoms with Crippen molar-refractivity contribution < 1.29 is 14.4 Å². The highest BCUT2D eigenvalue weighted by Gasteiger charge is 2.46. The van der Waals surface area contributed by atoms with Gasteiger partial charge in [0.05, 0.1) is 11.5 Å². The number of amides is 2. The van der Waals surface area contributed by atoms with Gasteiger partial charge in [-0.05, 0) is 25.8 Å². The zero-order valence-electron chi connectivity index (χ0n) is 15.7. The molecule has 142 valence electrons. The Bertz CT molecular complexity index is 828. The van der Waals surface area contributed by atoms with E-state index in [0.717, 1.165) is 5.56 Å². The molecule has 1 aromatic carbocycles. The average molecular weight is 367 g/mol. The second-order valence-corrected chi connectivity index (χ2v) is 7.14. The van der Waals surface area contributed by atoms with Crippen molar-refractivity contribution in [3.63, 3.8) is 0 Å². The number of carbonyl (C=O) groups is 1. The van der Waals surface area contributed by atoms with E-state index in [4.69, 9.17) is 4.52 Å². The molecule has 0 spiro atoms. The standard InChI is InChI=1S/C21H25N3O3/c1-5-10-16-19(25)24(20(26)23(16)13-6-2)18-14-17(27-22-18)21(3,4)15-11-8-7-9-12-15/h5-9,11-12,14,16,19,25H,1-2,10,13H2,3-4H3. The molecule has 1 aliphatic rings. The Kier molecular flexibility index (Phi) is 5.19. The highest BCUT2D eigenvalue weighted by molar-refractivity contribution is 5.94. The van der Waals surface area contributed by atoms with E-state index in [-0.39, 0.29) is 6.03 Å². The SMILES string of the molecule is C=CCC1C(O)N(c2cc(C(C)(C)c3ccccc3)on2)C(=O)N1CC=C. The van der Waals surface area contributed by atoms with Gasteiger partial charge in [0.25, 0.3) is 0 Å². The molecule has 0 saturated carbocycles. The third-order valence-electron chi connectivity index (χ3n) is 5.05. The first-order chi connectivity index (χ1) is 12.9. The summed E-state index contributed by atoms with van der Waals surface area (Å²) in [7, 11) is 0. The number of aromatic nitrogens is 1. The van der Waals surface area contributed by atoms with E-state index < -0.39 is 17.7 Å². The van der Waals surface area contributed by atoms with E-state index in [2.05, 4.69) is 18.3 Å². The number of hydrogen-bond donors (Lipinski definition) is 1. The number of urea groups is 1. The molecule has 2 aromatic rings. The minimum Gasteiger partial charge on any atom is -0.371 e. The van der Waals surface area contributed by atoms with Crippen molar-refractivity contribution >= 4 is 11.8 Å². The van der Waals surface area contributed by atoms with Crippen LogP contribution in [0, 0.1) is 0 Å². The fraction of sp³-hybridized carbons (Fsp3) is 0.333. The van der Waals surface area contributed by atoms with Crippen molar-refractivity contribution in [3.8, 4) is 0 Å². The lowest BCUT2D eigenvalue weighted by molar-refractivity contribution is 0.124. The molecule has 3 rings (SSSR count). The van der Waals surface area contributed by atoms with Crippen LogP contribution in [-0.4, -0.2) is 40.0 Å². The first-order valence-electron chi connectivity index (χ1n) is 8.94. The zero-order valence-corrected chi connectivity index (χ0v) is 15.7. The number of carbonyl (C=O) groups excluding carboxylic acids is 1. The number of nitrogens with zero attached hydrogens (tertiary/aromatic N) is 3. The molecular formula is C21H25N3O3. The van der Waals surface area contributed by atoms with Crippen molar-refractivity contribution in [3.05, 3.63) is 73.0 Å². The summed E-state index contributed by atoms with van der Waals surface area (Å²) in [5, 5.41) is 14.8. The Morgan fingerprint density at radius 2 is 1.96 bits per heavy atom. The predicted octanol–water partition coefficient (Wildman–Crippen LogP) is 3.69. The molecule has 1 aromatic heterocycles. The largest absolute Gasteiger partial charge is 0.371 e. The number of hydrogen-bond acceptors (Lipinski definition) is 4. The molecule has 2 amide bonds. The molecule has 2 heterocycles. The zero-order chi connectivity index (χ0) is 19.6. The van der Waals surface area contributed by atoms with Gasteiger partial charge in [-0.3, -0.25) is 0 Å². The van der Waals surface area contributed by atoms with Crippen molar-refractivity contribution in [1.82, 2.24) is 10.1 Å². The van der Waals surface area contributed by atoms with Crippen LogP contribution in [0.1, 0.15) is 31.6 Å². The minimum atomic E-state index is -1.03. The van der Waals surface area contributed by atoms with E-state index >= 15 is 0 Å². The van der Waals surface area contributed by atoms with Crippen molar-refractivity contribution in [2.75, 3.05) is 11.4 Å². The number of benzene rings is 1. The summed E-state index contributed by atoms with van der Waals surface area (Å²) in [5.74, 6) is 0.915. The lowest BCUT2D eigenvalue weighted by atomic mass is 9.82. The van der Waals surface area contributed by atoms with E-state index in [1.165, 1.54) is 4.90 Å². The molecule has 1 aliphatic heterocycles. The summed E-state index contributed by atoms with van der Waals surface area (Å²) in [5.41, 5.74) is 0.639. The second kappa shape index (κ2) is 7.40. The van der Waals surface area contributed by atoms with Gasteiger partial charge in [-0.25, -0.2) is 9.69 Å². The first kappa shape index (κ1) is 18.9. The van der Waals surface area contributed by atoms with Crippen LogP contribution >= 0.6 is 0 Å². The molecule has 6 nitrogen and oxygen atoms in total. The first-order valence-corrected chi connectivity index (χ1v) is 8.94. The van der Waals surface area contributed by atoms with Crippen molar-refractivity contribution in [1.29, 1.82) is 0 Å². The van der Waals surface area contributed by atoms with Crippen LogP contribution < -0.4 is 4.90 Å². The summed E-state index contributed by atoms with van der Waals surface area (Å²) in [4.78, 5) is 15.7. The van der Waals surface area contributed by atoms with Crippen LogP contribution in [0.15, 0.2) is 66.2 Å². The summed E-state index contributed by atoms with van der Waals surface area (Å²) < 4.78 is 5.57. The van der Waals surface area contributed by atoms with E-state index in [9.17, 15) is 9.90 Å². The lowest BCUT2D eigenvalue weighted by Gasteiger charge is -2.22. The maximum absolute atomic E-state index is 12.8. The Balaban J connectivity index is 1.92. The average Bonchev–Trinajstić information content (AvgIpc) is 3.23. The number of rotatable bonds is 7. The number of aliphatic hydroxyl groups is 1. The summed E-state index contributed by atoms with van der Waals surface area (Å²) in [6.45, 7) is 11.8. The molecular weight excluding hydrogens is 342 g/mol. The van der Waals surface area contributed by atoms with Gasteiger partial charge in [-0.15, -0.1) is 13.2 Å². The van der Waals surface area contributed by atoms with Crippen molar-refractivity contribution in [2.45, 2.75) is 38.0 Å². The molecule has 0 aliphatic carbocycles. The molecule has 0 bridgehead atoms. The van der Waals surface area contributed by atoms with E-state index in [1.54, 1.807) is 23.1 Å². The van der Waals surface area contributed by atoms with E-state index in [1.807, 2.05) is 44.2 Å². The highest BCUT2D eigenvalue weighted by Crippen LogP contribution is 2.35. The van der Waals surface area contributed by atoms with Gasteiger partial charge in [0.2, 0.25) is 0 Å². The predicted molar refractivity (Wildman–Crippen MR) is 104 cm³/mol. The van der Waals surface area contributed by atoms with Crippen LogP contribution in [-0.2, 0) is 5.41 Å². The third kappa shape index (κ3) is 3.28. The summed E-state index contributed by atoms with van der Waals surface area (Å²) in [6, 6.07) is 10.9. The van der Waals surface area contributed by atoms with Gasteiger partial charge >= 0.3 is 6.03 Å². The Morgan fingerprint density at radius 3 is 2.59 bits per heavy atom. The fourth-order valence-corrected chi connectivity index (χ4v) is 3.40. The van der Waals surface area contributed by atoms with Crippen molar-refractivity contribution in [2.24, 2.45) is 0 Å². The molecule has 2 unspecified atom stereocenters. The van der Waals surface area contributed by atoms with Gasteiger partial charge in [0, 0.05) is 12.6 Å². The molecule has 1 fully saturated rings. The van der Waals surface area contributed by atoms with Crippen LogP contribution in [0.3, 0.4) is 0 Å². The van der Waals surface area contributed by atoms with Crippen LogP contribution in [0.2, 0.25) is 0 Å². The summed E-state index contributed by atoms with van der Waals surface area (Å²) >= 11 is 0. The molecule has 6 heteroatoms. The summed E-state index contributed by atoms with van der Waals surface area (Å²) in [6.07, 6.45) is 2.76. The molecule has 0 radical (unpaired) electrons. The topological polar surface area (TPSA) is 69.8 Å². The van der Waals surface area contributed by atoms with Gasteiger partial charge in [0.15, 0.2) is 12.0 Å². The van der Waals surface area contributed by atoms with Crippen LogP contribution in [0.5, 0.6) is 0 Å². The normalized spacial score (nSPS) is 20.2. The Labute approximate surface area is 159 Å². The molecule has 27 heavy (non-hydrogen) atoms. The Morgan fingerprint density at radius 1 is 1.26 bits per heavy atom. The van der Waals surface area contributed by atoms with Crippen LogP contribution in [0.25, 0.3) is 0 Å². The van der Waals surface area contributed by atoms with Gasteiger partial charge in [0.1, 0.15) is 5.76 Å². The van der Waals surface area contributed by atoms with Gasteiger partial charge < -0.3 is 14.5 Å². The lowest BCUT2D eigenvalue weighted by Crippen LogP contribution is -2.37. The van der Waals surface area contributed by atoms with Gasteiger partial charge in [-0.2, -0.15) is 0 Å². The Hall–Kier alpha value is -2.86.